The van der Waals surface area contributed by atoms with Gasteiger partial charge in [-0.25, -0.2) is 9.78 Å². The molecule has 5 nitrogen and oxygen atoms in total. The maximum absolute atomic E-state index is 12.7. The van der Waals surface area contributed by atoms with Crippen molar-refractivity contribution in [1.82, 2.24) is 9.88 Å². The van der Waals surface area contributed by atoms with Crippen molar-refractivity contribution in [3.63, 3.8) is 0 Å². The predicted octanol–water partition coefficient (Wildman–Crippen LogP) is 3.13. The van der Waals surface area contributed by atoms with Crippen molar-refractivity contribution in [3.8, 4) is 5.88 Å². The predicted molar refractivity (Wildman–Crippen MR) is 83.9 cm³/mol. The molecule has 0 aromatic carbocycles. The van der Waals surface area contributed by atoms with Crippen LogP contribution in [0.4, 0.5) is 10.5 Å². The topological polar surface area (TPSA) is 54.5 Å². The van der Waals surface area contributed by atoms with Crippen LogP contribution in [0.2, 0.25) is 0 Å². The van der Waals surface area contributed by atoms with Gasteiger partial charge in [-0.2, -0.15) is 0 Å². The van der Waals surface area contributed by atoms with E-state index in [1.807, 2.05) is 6.07 Å². The van der Waals surface area contributed by atoms with Gasteiger partial charge in [0.15, 0.2) is 0 Å². The van der Waals surface area contributed by atoms with Gasteiger partial charge >= 0.3 is 6.03 Å². The number of anilines is 1. The summed E-state index contributed by atoms with van der Waals surface area (Å²) < 4.78 is 5.05. The molecule has 2 aliphatic carbocycles. The summed E-state index contributed by atoms with van der Waals surface area (Å²) in [6.07, 6.45) is 8.08. The van der Waals surface area contributed by atoms with Gasteiger partial charge in [0.1, 0.15) is 0 Å². The van der Waals surface area contributed by atoms with Crippen LogP contribution < -0.4 is 10.1 Å². The number of nitrogens with zero attached hydrogens (tertiary/aromatic N) is 2. The van der Waals surface area contributed by atoms with E-state index in [-0.39, 0.29) is 6.03 Å². The molecule has 0 radical (unpaired) electrons. The number of carbonyl (C=O) groups excluding carboxylic acids is 1. The molecule has 4 aliphatic rings. The second-order valence-electron chi connectivity index (χ2n) is 7.10. The van der Waals surface area contributed by atoms with Crippen LogP contribution in [0.15, 0.2) is 18.3 Å². The van der Waals surface area contributed by atoms with Gasteiger partial charge < -0.3 is 15.0 Å². The normalized spacial score (nSPS) is 32.7. The monoisotopic (exact) mass is 301 g/mol. The first-order chi connectivity index (χ1) is 10.7. The van der Waals surface area contributed by atoms with Crippen LogP contribution in [-0.2, 0) is 0 Å². The second-order valence-corrected chi connectivity index (χ2v) is 7.10. The molecule has 0 spiro atoms. The molecule has 2 aliphatic heterocycles. The smallest absolute Gasteiger partial charge is 0.322 e. The van der Waals surface area contributed by atoms with Crippen LogP contribution in [0, 0.1) is 17.8 Å². The van der Waals surface area contributed by atoms with Crippen molar-refractivity contribution in [2.24, 2.45) is 17.8 Å². The van der Waals surface area contributed by atoms with E-state index in [1.54, 1.807) is 19.4 Å². The van der Waals surface area contributed by atoms with Gasteiger partial charge in [0, 0.05) is 18.7 Å². The highest BCUT2D eigenvalue weighted by atomic mass is 16.5. The van der Waals surface area contributed by atoms with Gasteiger partial charge in [-0.1, -0.05) is 0 Å². The molecule has 1 aromatic rings. The average molecular weight is 301 g/mol. The first-order valence-electron chi connectivity index (χ1n) is 8.29. The number of fused-ring (bicyclic) bond motifs is 1. The van der Waals surface area contributed by atoms with Crippen LogP contribution in [0.3, 0.4) is 0 Å². The zero-order valence-electron chi connectivity index (χ0n) is 13.0. The van der Waals surface area contributed by atoms with E-state index in [1.165, 1.54) is 32.1 Å². The summed E-state index contributed by atoms with van der Waals surface area (Å²) in [6.45, 7) is 0.924. The minimum absolute atomic E-state index is 0.0326. The summed E-state index contributed by atoms with van der Waals surface area (Å²) in [4.78, 5) is 18.9. The third kappa shape index (κ3) is 2.53. The molecule has 2 saturated heterocycles. The number of nitrogens with one attached hydrogen (secondary N) is 1. The fourth-order valence-corrected chi connectivity index (χ4v) is 4.80. The molecule has 118 valence electrons. The Morgan fingerprint density at radius 2 is 1.91 bits per heavy atom. The molecule has 1 N–H and O–H groups in total. The van der Waals surface area contributed by atoms with Crippen molar-refractivity contribution < 1.29 is 9.53 Å². The molecule has 2 unspecified atom stereocenters. The number of urea groups is 1. The zero-order chi connectivity index (χ0) is 15.1. The third-order valence-electron chi connectivity index (χ3n) is 5.56. The molecule has 4 bridgehead atoms. The highest BCUT2D eigenvalue weighted by Crippen LogP contribution is 2.47. The highest BCUT2D eigenvalue weighted by Gasteiger charge is 2.44. The van der Waals surface area contributed by atoms with E-state index in [4.69, 9.17) is 4.74 Å². The Labute approximate surface area is 131 Å². The van der Waals surface area contributed by atoms with Gasteiger partial charge in [-0.05, 0) is 55.9 Å². The fourth-order valence-electron chi connectivity index (χ4n) is 4.80. The molecule has 1 aromatic heterocycles. The quantitative estimate of drug-likeness (QED) is 0.913. The summed E-state index contributed by atoms with van der Waals surface area (Å²) >= 11 is 0. The number of carbonyl (C=O) groups is 1. The van der Waals surface area contributed by atoms with Crippen molar-refractivity contribution in [2.75, 3.05) is 19.0 Å². The summed E-state index contributed by atoms with van der Waals surface area (Å²) in [5.41, 5.74) is 0.731. The molecule has 22 heavy (non-hydrogen) atoms. The lowest BCUT2D eigenvalue weighted by Crippen LogP contribution is -2.44. The number of rotatable bonds is 2. The number of hydrogen-bond donors (Lipinski definition) is 1. The SMILES string of the molecule is COc1ccc(NC(=O)N2CC3CC4CC(C3)CC2C4)cn1. The summed E-state index contributed by atoms with van der Waals surface area (Å²) in [7, 11) is 1.59. The summed E-state index contributed by atoms with van der Waals surface area (Å²) in [5, 5.41) is 3.00. The minimum Gasteiger partial charge on any atom is -0.481 e. The summed E-state index contributed by atoms with van der Waals surface area (Å²) in [6, 6.07) is 4.07. The Morgan fingerprint density at radius 3 is 2.55 bits per heavy atom. The molecule has 5 rings (SSSR count). The van der Waals surface area contributed by atoms with Crippen LogP contribution in [0.5, 0.6) is 5.88 Å². The summed E-state index contributed by atoms with van der Waals surface area (Å²) in [5.74, 6) is 2.96. The number of hydrogen-bond acceptors (Lipinski definition) is 3. The Kier molecular flexibility index (Phi) is 3.43. The third-order valence-corrected chi connectivity index (χ3v) is 5.56. The molecular formula is C17H23N3O2. The Hall–Kier alpha value is -1.78. The van der Waals surface area contributed by atoms with Crippen LogP contribution in [-0.4, -0.2) is 35.6 Å². The Morgan fingerprint density at radius 1 is 1.18 bits per heavy atom. The average Bonchev–Trinajstić information content (AvgIpc) is 2.72. The molecule has 2 atom stereocenters. The lowest BCUT2D eigenvalue weighted by molar-refractivity contribution is 0.136. The van der Waals surface area contributed by atoms with Gasteiger partial charge in [-0.15, -0.1) is 0 Å². The van der Waals surface area contributed by atoms with Gasteiger partial charge in [0.05, 0.1) is 19.0 Å². The number of aromatic nitrogens is 1. The van der Waals surface area contributed by atoms with Crippen molar-refractivity contribution in [1.29, 1.82) is 0 Å². The second kappa shape index (κ2) is 5.45. The standard InChI is InChI=1S/C17H23N3O2/c1-22-16-3-2-14(9-18-16)19-17(21)20-10-13-5-11-4-12(6-13)8-15(20)7-11/h2-3,9,11-13,15H,4-8,10H2,1H3,(H,19,21). The molecule has 4 fully saturated rings. The zero-order valence-corrected chi connectivity index (χ0v) is 13.0. The van der Waals surface area contributed by atoms with Gasteiger partial charge in [0.25, 0.3) is 0 Å². The molecular weight excluding hydrogens is 278 g/mol. The maximum atomic E-state index is 12.7. The first kappa shape index (κ1) is 13.9. The molecule has 5 heteroatoms. The van der Waals surface area contributed by atoms with Crippen LogP contribution in [0.1, 0.15) is 32.1 Å². The number of amides is 2. The van der Waals surface area contributed by atoms with Crippen LogP contribution in [0.25, 0.3) is 0 Å². The van der Waals surface area contributed by atoms with E-state index in [0.717, 1.165) is 24.1 Å². The van der Waals surface area contributed by atoms with Gasteiger partial charge in [-0.3, -0.25) is 0 Å². The van der Waals surface area contributed by atoms with Crippen LogP contribution >= 0.6 is 0 Å². The van der Waals surface area contributed by atoms with Crippen molar-refractivity contribution >= 4 is 11.7 Å². The lowest BCUT2D eigenvalue weighted by atomic mass is 9.68. The number of methoxy groups -OCH3 is 1. The molecule has 2 amide bonds. The van der Waals surface area contributed by atoms with E-state index in [0.29, 0.717) is 17.8 Å². The Bertz CT molecular complexity index is 546. The maximum Gasteiger partial charge on any atom is 0.322 e. The fraction of sp³-hybridized carbons (Fsp3) is 0.647. The largest absolute Gasteiger partial charge is 0.481 e. The highest BCUT2D eigenvalue weighted by molar-refractivity contribution is 5.89. The van der Waals surface area contributed by atoms with E-state index in [2.05, 4.69) is 15.2 Å². The lowest BCUT2D eigenvalue weighted by Gasteiger charge is -2.38. The van der Waals surface area contributed by atoms with Crippen molar-refractivity contribution in [2.45, 2.75) is 38.1 Å². The van der Waals surface area contributed by atoms with Crippen molar-refractivity contribution in [3.05, 3.63) is 18.3 Å². The number of ether oxygens (including phenoxy) is 1. The Balaban J connectivity index is 1.47. The molecule has 3 heterocycles. The van der Waals surface area contributed by atoms with E-state index < -0.39 is 0 Å². The van der Waals surface area contributed by atoms with Gasteiger partial charge in [0.2, 0.25) is 5.88 Å². The number of pyridine rings is 1. The molecule has 2 saturated carbocycles. The first-order valence-corrected chi connectivity index (χ1v) is 8.29. The van der Waals surface area contributed by atoms with E-state index >= 15 is 0 Å². The van der Waals surface area contributed by atoms with E-state index in [9.17, 15) is 4.79 Å². The minimum atomic E-state index is 0.0326.